The Morgan fingerprint density at radius 2 is 1.59 bits per heavy atom. The molecule has 0 atom stereocenters. The Kier molecular flexibility index (Phi) is 5.23. The number of carbonyl (C=O) groups excluding carboxylic acids is 1. The molecule has 1 N–H and O–H groups in total. The zero-order valence-electron chi connectivity index (χ0n) is 17.9. The molecule has 6 nitrogen and oxygen atoms in total. The zero-order valence-corrected chi connectivity index (χ0v) is 18.7. The molecular formula is C25H25N3O3S. The van der Waals surface area contributed by atoms with E-state index in [1.54, 1.807) is 17.0 Å². The van der Waals surface area contributed by atoms with Crippen molar-refractivity contribution in [3.8, 4) is 0 Å². The zero-order chi connectivity index (χ0) is 22.3. The van der Waals surface area contributed by atoms with E-state index in [9.17, 15) is 13.2 Å². The highest BCUT2D eigenvalue weighted by Gasteiger charge is 2.30. The van der Waals surface area contributed by atoms with E-state index in [0.29, 0.717) is 37.5 Å². The molecule has 4 aromatic rings. The van der Waals surface area contributed by atoms with Crippen LogP contribution in [-0.4, -0.2) is 54.7 Å². The monoisotopic (exact) mass is 447 g/mol. The van der Waals surface area contributed by atoms with E-state index in [4.69, 9.17) is 0 Å². The summed E-state index contributed by atoms with van der Waals surface area (Å²) in [5.41, 5.74) is 3.04. The number of carbonyl (C=O) groups is 1. The molecular weight excluding hydrogens is 422 g/mol. The van der Waals surface area contributed by atoms with Crippen molar-refractivity contribution in [3.63, 3.8) is 0 Å². The van der Waals surface area contributed by atoms with Crippen molar-refractivity contribution in [3.05, 3.63) is 78.0 Å². The van der Waals surface area contributed by atoms with Crippen molar-refractivity contribution in [2.45, 2.75) is 18.2 Å². The molecule has 0 bridgehead atoms. The summed E-state index contributed by atoms with van der Waals surface area (Å²) < 4.78 is 27.8. The van der Waals surface area contributed by atoms with Crippen LogP contribution in [0.5, 0.6) is 0 Å². The molecule has 1 fully saturated rings. The van der Waals surface area contributed by atoms with Crippen molar-refractivity contribution in [2.75, 3.05) is 26.2 Å². The van der Waals surface area contributed by atoms with Crippen LogP contribution in [0, 0.1) is 6.92 Å². The molecule has 164 valence electrons. The number of para-hydroxylation sites is 1. The Hall–Kier alpha value is -3.16. The molecule has 5 rings (SSSR count). The van der Waals surface area contributed by atoms with Gasteiger partial charge in [-0.3, -0.25) is 4.79 Å². The fourth-order valence-corrected chi connectivity index (χ4v) is 5.94. The minimum atomic E-state index is -3.60. The van der Waals surface area contributed by atoms with Gasteiger partial charge in [0, 0.05) is 42.8 Å². The van der Waals surface area contributed by atoms with E-state index in [-0.39, 0.29) is 5.91 Å². The second-order valence-electron chi connectivity index (χ2n) is 8.24. The lowest BCUT2D eigenvalue weighted by Crippen LogP contribution is -2.50. The Morgan fingerprint density at radius 1 is 0.906 bits per heavy atom. The van der Waals surface area contributed by atoms with Gasteiger partial charge in [-0.2, -0.15) is 4.31 Å². The Balaban J connectivity index is 1.28. The van der Waals surface area contributed by atoms with E-state index in [2.05, 4.69) is 4.98 Å². The number of hydrogen-bond acceptors (Lipinski definition) is 3. The van der Waals surface area contributed by atoms with E-state index in [0.717, 1.165) is 32.9 Å². The number of aryl methyl sites for hydroxylation is 1. The second-order valence-corrected chi connectivity index (χ2v) is 10.2. The van der Waals surface area contributed by atoms with Gasteiger partial charge in [0.1, 0.15) is 0 Å². The number of aromatic nitrogens is 1. The number of hydrogen-bond donors (Lipinski definition) is 1. The highest BCUT2D eigenvalue weighted by molar-refractivity contribution is 7.89. The molecule has 0 saturated carbocycles. The highest BCUT2D eigenvalue weighted by Crippen LogP contribution is 2.25. The Morgan fingerprint density at radius 3 is 2.38 bits per heavy atom. The molecule has 2 heterocycles. The minimum absolute atomic E-state index is 0.0283. The van der Waals surface area contributed by atoms with E-state index in [1.165, 1.54) is 4.31 Å². The Labute approximate surface area is 187 Å². The topological polar surface area (TPSA) is 73.5 Å². The third-order valence-electron chi connectivity index (χ3n) is 6.31. The molecule has 3 aromatic carbocycles. The minimum Gasteiger partial charge on any atom is -0.358 e. The van der Waals surface area contributed by atoms with Gasteiger partial charge in [-0.05, 0) is 41.5 Å². The first-order valence-corrected chi connectivity index (χ1v) is 12.2. The lowest BCUT2D eigenvalue weighted by molar-refractivity contribution is -0.131. The number of rotatable bonds is 4. The number of benzene rings is 3. The summed E-state index contributed by atoms with van der Waals surface area (Å²) in [5.74, 6) is 0.0283. The number of nitrogens with zero attached hydrogens (tertiary/aromatic N) is 2. The van der Waals surface area contributed by atoms with Crippen molar-refractivity contribution in [1.82, 2.24) is 14.2 Å². The standard InChI is InChI=1S/C25H25N3O3S/c1-18-23(22-8-4-5-9-24(22)26-18)17-25(29)27-12-14-28(15-13-27)32(30,31)21-11-10-19-6-2-3-7-20(19)16-21/h2-11,16,26H,12-15,17H2,1H3. The van der Waals surface area contributed by atoms with Crippen LogP contribution in [0.1, 0.15) is 11.3 Å². The van der Waals surface area contributed by atoms with Crippen LogP contribution in [0.25, 0.3) is 21.7 Å². The number of amides is 1. The van der Waals surface area contributed by atoms with Crippen LogP contribution in [-0.2, 0) is 21.2 Å². The molecule has 0 spiro atoms. The maximum Gasteiger partial charge on any atom is 0.243 e. The van der Waals surface area contributed by atoms with Gasteiger partial charge in [-0.1, -0.05) is 48.5 Å². The van der Waals surface area contributed by atoms with Gasteiger partial charge in [-0.15, -0.1) is 0 Å². The van der Waals surface area contributed by atoms with Crippen molar-refractivity contribution in [2.24, 2.45) is 0 Å². The number of fused-ring (bicyclic) bond motifs is 2. The van der Waals surface area contributed by atoms with Crippen molar-refractivity contribution in [1.29, 1.82) is 0 Å². The van der Waals surface area contributed by atoms with Crippen LogP contribution in [0.3, 0.4) is 0 Å². The lowest BCUT2D eigenvalue weighted by Gasteiger charge is -2.34. The van der Waals surface area contributed by atoms with Gasteiger partial charge in [0.25, 0.3) is 0 Å². The number of piperazine rings is 1. The van der Waals surface area contributed by atoms with Crippen molar-refractivity contribution >= 4 is 37.6 Å². The molecule has 1 aliphatic rings. The highest BCUT2D eigenvalue weighted by atomic mass is 32.2. The number of H-pyrrole nitrogens is 1. The third kappa shape index (κ3) is 3.67. The molecule has 7 heteroatoms. The summed E-state index contributed by atoms with van der Waals surface area (Å²) >= 11 is 0. The SMILES string of the molecule is Cc1[nH]c2ccccc2c1CC(=O)N1CCN(S(=O)(=O)c2ccc3ccccc3c2)CC1. The quantitative estimate of drug-likeness (QED) is 0.518. The number of nitrogens with one attached hydrogen (secondary N) is 1. The molecule has 0 unspecified atom stereocenters. The van der Waals surface area contributed by atoms with Gasteiger partial charge in [0.2, 0.25) is 15.9 Å². The molecule has 1 amide bonds. The molecule has 0 radical (unpaired) electrons. The summed E-state index contributed by atoms with van der Waals surface area (Å²) in [4.78, 5) is 18.4. The number of aromatic amines is 1. The van der Waals surface area contributed by atoms with Crippen LogP contribution >= 0.6 is 0 Å². The molecule has 0 aliphatic carbocycles. The van der Waals surface area contributed by atoms with E-state index in [1.807, 2.05) is 61.5 Å². The predicted molar refractivity (Wildman–Crippen MR) is 126 cm³/mol. The fraction of sp³-hybridized carbons (Fsp3) is 0.240. The molecule has 1 saturated heterocycles. The fourth-order valence-electron chi connectivity index (χ4n) is 4.48. The average molecular weight is 448 g/mol. The van der Waals surface area contributed by atoms with Gasteiger partial charge < -0.3 is 9.88 Å². The smallest absolute Gasteiger partial charge is 0.243 e. The van der Waals surface area contributed by atoms with Crippen LogP contribution in [0.15, 0.2) is 71.6 Å². The van der Waals surface area contributed by atoms with E-state index < -0.39 is 10.0 Å². The third-order valence-corrected chi connectivity index (χ3v) is 8.20. The van der Waals surface area contributed by atoms with Crippen LogP contribution in [0.4, 0.5) is 0 Å². The van der Waals surface area contributed by atoms with Gasteiger partial charge >= 0.3 is 0 Å². The van der Waals surface area contributed by atoms with Gasteiger partial charge in [0.05, 0.1) is 11.3 Å². The van der Waals surface area contributed by atoms with Crippen LogP contribution in [0.2, 0.25) is 0 Å². The number of sulfonamides is 1. The normalized spacial score (nSPS) is 15.5. The second kappa shape index (κ2) is 8.07. The maximum absolute atomic E-state index is 13.2. The lowest BCUT2D eigenvalue weighted by atomic mass is 10.1. The summed E-state index contributed by atoms with van der Waals surface area (Å²) in [6.45, 7) is 3.37. The molecule has 1 aromatic heterocycles. The summed E-state index contributed by atoms with van der Waals surface area (Å²) in [6.07, 6.45) is 0.313. The average Bonchev–Trinajstić information content (AvgIpc) is 3.13. The summed E-state index contributed by atoms with van der Waals surface area (Å²) in [5, 5.41) is 2.97. The first kappa shape index (κ1) is 20.7. The largest absolute Gasteiger partial charge is 0.358 e. The first-order valence-electron chi connectivity index (χ1n) is 10.8. The predicted octanol–water partition coefficient (Wildman–Crippen LogP) is 3.71. The first-order chi connectivity index (χ1) is 15.4. The summed E-state index contributed by atoms with van der Waals surface area (Å²) in [6, 6.07) is 20.9. The van der Waals surface area contributed by atoms with Gasteiger partial charge in [0.15, 0.2) is 0 Å². The summed E-state index contributed by atoms with van der Waals surface area (Å²) in [7, 11) is -3.60. The van der Waals surface area contributed by atoms with E-state index >= 15 is 0 Å². The van der Waals surface area contributed by atoms with Crippen molar-refractivity contribution < 1.29 is 13.2 Å². The Bertz CT molecular complexity index is 1420. The van der Waals surface area contributed by atoms with Crippen LogP contribution < -0.4 is 0 Å². The molecule has 1 aliphatic heterocycles. The molecule has 32 heavy (non-hydrogen) atoms. The maximum atomic E-state index is 13.2. The van der Waals surface area contributed by atoms with Gasteiger partial charge in [-0.25, -0.2) is 8.42 Å².